The fourth-order valence-corrected chi connectivity index (χ4v) is 4.82. The minimum Gasteiger partial charge on any atom is -0.462 e. The Balaban J connectivity index is 3.88. The molecule has 0 bridgehead atoms. The summed E-state index contributed by atoms with van der Waals surface area (Å²) in [6.45, 7) is 3.53. The van der Waals surface area contributed by atoms with E-state index in [0.717, 1.165) is 64.2 Å². The van der Waals surface area contributed by atoms with Gasteiger partial charge in [0, 0.05) is 12.8 Å². The Kier molecular flexibility index (Phi) is 28.6. The lowest BCUT2D eigenvalue weighted by Crippen LogP contribution is -2.29. The molecule has 0 aliphatic carbocycles. The lowest BCUT2D eigenvalue weighted by molar-refractivity contribution is -0.161. The molecule has 0 aliphatic rings. The van der Waals surface area contributed by atoms with Crippen molar-refractivity contribution in [2.45, 2.75) is 161 Å². The first kappa shape index (κ1) is 40.5. The molecule has 246 valence electrons. The zero-order chi connectivity index (χ0) is 31.2. The minimum absolute atomic E-state index is 0.208. The summed E-state index contributed by atoms with van der Waals surface area (Å²) in [6.07, 6.45) is 30.9. The maximum atomic E-state index is 12.3. The van der Waals surface area contributed by atoms with Gasteiger partial charge in [0.2, 0.25) is 0 Å². The summed E-state index contributed by atoms with van der Waals surface area (Å²) in [5.74, 6) is -0.904. The Bertz CT molecular complexity index is 746. The Morgan fingerprint density at radius 2 is 1.07 bits per heavy atom. The molecule has 0 aromatic rings. The van der Waals surface area contributed by atoms with Crippen LogP contribution in [0, 0.1) is 0 Å². The standard InChI is InChI=1S/C33H61O8P/c1-3-5-7-9-10-11-12-13-14-15-16-17-18-19-20-21-22-24-26-28-33(35)41-31(30-40-42(36,37)38)29-39-32(34)27-25-23-8-6-4-2/h10-11,13-14,31H,3-9,12,15-30H2,1-2H3,(H2,36,37,38)/b11-10-,14-13-. The van der Waals surface area contributed by atoms with Gasteiger partial charge in [0.05, 0.1) is 6.61 Å². The topological polar surface area (TPSA) is 119 Å². The molecule has 0 radical (unpaired) electrons. The highest BCUT2D eigenvalue weighted by Gasteiger charge is 2.22. The van der Waals surface area contributed by atoms with E-state index in [2.05, 4.69) is 42.7 Å². The first-order valence-electron chi connectivity index (χ1n) is 16.6. The van der Waals surface area contributed by atoms with Crippen LogP contribution in [0.4, 0.5) is 0 Å². The second kappa shape index (κ2) is 29.6. The molecule has 0 saturated carbocycles. The van der Waals surface area contributed by atoms with Gasteiger partial charge in [-0.25, -0.2) is 4.57 Å². The SMILES string of the molecule is CCCCC/C=C\C/C=C\CCCCCCCCCCCC(=O)OC(COC(=O)CCCCCCC)COP(=O)(O)O. The molecule has 0 aliphatic heterocycles. The van der Waals surface area contributed by atoms with Crippen molar-refractivity contribution < 1.29 is 37.9 Å². The van der Waals surface area contributed by atoms with Crippen LogP contribution in [0.25, 0.3) is 0 Å². The average molecular weight is 617 g/mol. The van der Waals surface area contributed by atoms with E-state index in [0.29, 0.717) is 6.42 Å². The molecule has 0 amide bonds. The smallest absolute Gasteiger partial charge is 0.462 e. The fourth-order valence-electron chi connectivity index (χ4n) is 4.46. The molecule has 0 spiro atoms. The Morgan fingerprint density at radius 1 is 0.619 bits per heavy atom. The van der Waals surface area contributed by atoms with Gasteiger partial charge in [-0.1, -0.05) is 122 Å². The first-order chi connectivity index (χ1) is 20.3. The van der Waals surface area contributed by atoms with Crippen molar-refractivity contribution in [1.82, 2.24) is 0 Å². The van der Waals surface area contributed by atoms with Crippen molar-refractivity contribution in [3.8, 4) is 0 Å². The summed E-state index contributed by atoms with van der Waals surface area (Å²) in [5.41, 5.74) is 0. The number of hydrogen-bond acceptors (Lipinski definition) is 6. The molecule has 0 aromatic heterocycles. The number of phosphoric acid groups is 1. The van der Waals surface area contributed by atoms with E-state index in [4.69, 9.17) is 19.3 Å². The molecule has 2 N–H and O–H groups in total. The maximum absolute atomic E-state index is 12.3. The summed E-state index contributed by atoms with van der Waals surface area (Å²) < 4.78 is 26.0. The van der Waals surface area contributed by atoms with Crippen molar-refractivity contribution in [1.29, 1.82) is 0 Å². The molecule has 42 heavy (non-hydrogen) atoms. The van der Waals surface area contributed by atoms with Gasteiger partial charge in [-0.05, 0) is 44.9 Å². The second-order valence-corrected chi connectivity index (χ2v) is 12.4. The number of unbranched alkanes of at least 4 members (excludes halogenated alkanes) is 16. The summed E-state index contributed by atoms with van der Waals surface area (Å²) >= 11 is 0. The van der Waals surface area contributed by atoms with Gasteiger partial charge in [0.15, 0.2) is 6.10 Å². The number of ether oxygens (including phenoxy) is 2. The average Bonchev–Trinajstić information content (AvgIpc) is 2.95. The molecular formula is C33H61O8P. The van der Waals surface area contributed by atoms with Crippen LogP contribution in [-0.4, -0.2) is 41.0 Å². The summed E-state index contributed by atoms with van der Waals surface area (Å²) in [7, 11) is -4.73. The van der Waals surface area contributed by atoms with E-state index in [-0.39, 0.29) is 19.4 Å². The third kappa shape index (κ3) is 31.5. The monoisotopic (exact) mass is 616 g/mol. The van der Waals surface area contributed by atoms with Crippen LogP contribution in [0.1, 0.15) is 155 Å². The lowest BCUT2D eigenvalue weighted by atomic mass is 10.1. The Hall–Kier alpha value is -1.47. The van der Waals surface area contributed by atoms with Gasteiger partial charge in [-0.15, -0.1) is 0 Å². The van der Waals surface area contributed by atoms with Crippen molar-refractivity contribution in [3.05, 3.63) is 24.3 Å². The number of phosphoric ester groups is 1. The van der Waals surface area contributed by atoms with E-state index in [1.807, 2.05) is 0 Å². The molecule has 9 heteroatoms. The van der Waals surface area contributed by atoms with E-state index in [1.165, 1.54) is 57.8 Å². The van der Waals surface area contributed by atoms with Gasteiger partial charge in [-0.3, -0.25) is 14.1 Å². The summed E-state index contributed by atoms with van der Waals surface area (Å²) in [4.78, 5) is 42.2. The highest BCUT2D eigenvalue weighted by molar-refractivity contribution is 7.46. The highest BCUT2D eigenvalue weighted by Crippen LogP contribution is 2.35. The van der Waals surface area contributed by atoms with Crippen molar-refractivity contribution in [2.75, 3.05) is 13.2 Å². The molecule has 8 nitrogen and oxygen atoms in total. The zero-order valence-corrected chi connectivity index (χ0v) is 27.5. The van der Waals surface area contributed by atoms with Crippen LogP contribution in [0.5, 0.6) is 0 Å². The van der Waals surface area contributed by atoms with E-state index in [1.54, 1.807) is 0 Å². The van der Waals surface area contributed by atoms with Gasteiger partial charge in [-0.2, -0.15) is 0 Å². The summed E-state index contributed by atoms with van der Waals surface area (Å²) in [6, 6.07) is 0. The molecule has 0 rings (SSSR count). The van der Waals surface area contributed by atoms with Gasteiger partial charge >= 0.3 is 19.8 Å². The number of hydrogen-bond donors (Lipinski definition) is 2. The maximum Gasteiger partial charge on any atom is 0.469 e. The predicted octanol–water partition coefficient (Wildman–Crippen LogP) is 9.29. The van der Waals surface area contributed by atoms with Crippen LogP contribution in [-0.2, 0) is 28.2 Å². The van der Waals surface area contributed by atoms with Crippen molar-refractivity contribution in [2.24, 2.45) is 0 Å². The fraction of sp³-hybridized carbons (Fsp3) is 0.818. The Labute approximate surface area is 256 Å². The van der Waals surface area contributed by atoms with Crippen molar-refractivity contribution in [3.63, 3.8) is 0 Å². The molecule has 1 unspecified atom stereocenters. The van der Waals surface area contributed by atoms with Crippen molar-refractivity contribution >= 4 is 19.8 Å². The molecule has 0 fully saturated rings. The van der Waals surface area contributed by atoms with Gasteiger partial charge in [0.1, 0.15) is 6.61 Å². The van der Waals surface area contributed by atoms with Crippen LogP contribution in [0.3, 0.4) is 0 Å². The molecule has 0 saturated heterocycles. The van der Waals surface area contributed by atoms with Crippen LogP contribution >= 0.6 is 7.82 Å². The van der Waals surface area contributed by atoms with E-state index in [9.17, 15) is 14.2 Å². The van der Waals surface area contributed by atoms with Gasteiger partial charge in [0.25, 0.3) is 0 Å². The molecule has 0 aromatic carbocycles. The van der Waals surface area contributed by atoms with Crippen LogP contribution < -0.4 is 0 Å². The quantitative estimate of drug-likeness (QED) is 0.0355. The zero-order valence-electron chi connectivity index (χ0n) is 26.6. The van der Waals surface area contributed by atoms with E-state index < -0.39 is 32.5 Å². The number of allylic oxidation sites excluding steroid dienone is 4. The molecule has 0 heterocycles. The third-order valence-corrected chi connectivity index (χ3v) is 7.46. The summed E-state index contributed by atoms with van der Waals surface area (Å²) in [5, 5.41) is 0. The second-order valence-electron chi connectivity index (χ2n) is 11.1. The molecule has 1 atom stereocenters. The minimum atomic E-state index is -4.73. The predicted molar refractivity (Wildman–Crippen MR) is 170 cm³/mol. The molecular weight excluding hydrogens is 555 g/mol. The van der Waals surface area contributed by atoms with Crippen LogP contribution in [0.2, 0.25) is 0 Å². The number of carbonyl (C=O) groups is 2. The number of carbonyl (C=O) groups excluding carboxylic acids is 2. The van der Waals surface area contributed by atoms with E-state index >= 15 is 0 Å². The van der Waals surface area contributed by atoms with Gasteiger partial charge < -0.3 is 19.3 Å². The largest absolute Gasteiger partial charge is 0.469 e. The number of rotatable bonds is 30. The third-order valence-electron chi connectivity index (χ3n) is 6.97. The number of esters is 2. The lowest BCUT2D eigenvalue weighted by Gasteiger charge is -2.18. The van der Waals surface area contributed by atoms with Crippen LogP contribution in [0.15, 0.2) is 24.3 Å². The Morgan fingerprint density at radius 3 is 1.62 bits per heavy atom. The highest BCUT2D eigenvalue weighted by atomic mass is 31.2. The first-order valence-corrected chi connectivity index (χ1v) is 18.2. The normalized spacial score (nSPS) is 12.8.